The van der Waals surface area contributed by atoms with Crippen LogP contribution in [0, 0.1) is 6.92 Å². The lowest BCUT2D eigenvalue weighted by Gasteiger charge is -2.11. The second-order valence-electron chi connectivity index (χ2n) is 8.89. The van der Waals surface area contributed by atoms with Crippen molar-refractivity contribution in [3.8, 4) is 22.6 Å². The van der Waals surface area contributed by atoms with Gasteiger partial charge in [-0.05, 0) is 61.0 Å². The maximum atomic E-state index is 13.5. The largest absolute Gasteiger partial charge is 0.284 e. The zero-order valence-electron chi connectivity index (χ0n) is 20.9. The Morgan fingerprint density at radius 1 is 0.821 bits per heavy atom. The van der Waals surface area contributed by atoms with Crippen molar-refractivity contribution in [1.29, 1.82) is 0 Å². The summed E-state index contributed by atoms with van der Waals surface area (Å²) in [6.45, 7) is 2.06. The van der Waals surface area contributed by atoms with Crippen molar-refractivity contribution in [1.82, 2.24) is 14.1 Å². The van der Waals surface area contributed by atoms with Crippen LogP contribution in [0.2, 0.25) is 5.02 Å². The topological polar surface area (TPSA) is 64.5 Å². The van der Waals surface area contributed by atoms with Crippen molar-refractivity contribution in [3.05, 3.63) is 140 Å². The van der Waals surface area contributed by atoms with Crippen LogP contribution in [0.15, 0.2) is 124 Å². The highest BCUT2D eigenvalue weighted by Gasteiger charge is 2.12. The number of aromatic nitrogens is 3. The van der Waals surface area contributed by atoms with Gasteiger partial charge in [-0.15, -0.1) is 16.4 Å². The third-order valence-electron chi connectivity index (χ3n) is 6.27. The van der Waals surface area contributed by atoms with Gasteiger partial charge in [0.1, 0.15) is 0 Å². The zero-order chi connectivity index (χ0) is 26.8. The molecule has 0 N–H and O–H groups in total. The normalized spacial score (nSPS) is 12.0. The predicted octanol–water partition coefficient (Wildman–Crippen LogP) is 6.80. The van der Waals surface area contributed by atoms with E-state index in [-0.39, 0.29) is 5.56 Å². The third-order valence-corrected chi connectivity index (χ3v) is 7.34. The first-order chi connectivity index (χ1) is 19.1. The summed E-state index contributed by atoms with van der Waals surface area (Å²) >= 11 is 7.59. The molecule has 2 aromatic heterocycles. The van der Waals surface area contributed by atoms with Crippen LogP contribution in [0.5, 0.6) is 0 Å². The highest BCUT2D eigenvalue weighted by Crippen LogP contribution is 2.23. The van der Waals surface area contributed by atoms with Gasteiger partial charge < -0.3 is 0 Å². The van der Waals surface area contributed by atoms with Crippen LogP contribution < -0.4 is 10.4 Å². The molecular formula is C31H22ClN5OS. The molecule has 190 valence electrons. The number of rotatable bonds is 5. The molecule has 0 spiro atoms. The summed E-state index contributed by atoms with van der Waals surface area (Å²) < 4.78 is 3.60. The summed E-state index contributed by atoms with van der Waals surface area (Å²) in [5.74, 6) is 0.367. The number of thiazole rings is 1. The van der Waals surface area contributed by atoms with Gasteiger partial charge in [-0.3, -0.25) is 13.9 Å². The van der Waals surface area contributed by atoms with Crippen LogP contribution in [-0.4, -0.2) is 20.3 Å². The zero-order valence-corrected chi connectivity index (χ0v) is 22.5. The van der Waals surface area contributed by atoms with Crippen LogP contribution in [0.1, 0.15) is 11.4 Å². The molecule has 8 heteroatoms. The molecule has 0 radical (unpaired) electrons. The number of halogens is 1. The fourth-order valence-corrected chi connectivity index (χ4v) is 5.33. The SMILES string of the molecule is Cc1ccc(-n2c(-c3ccccc3)cs/c2=N\N=C\c2nc3ccccc3c(=O)n2-c2ccc(Cl)cc2)cc1. The Morgan fingerprint density at radius 3 is 2.26 bits per heavy atom. The van der Waals surface area contributed by atoms with Gasteiger partial charge in [0.25, 0.3) is 5.56 Å². The fourth-order valence-electron chi connectivity index (χ4n) is 4.34. The Bertz CT molecular complexity index is 1940. The number of aryl methyl sites for hydroxylation is 1. The van der Waals surface area contributed by atoms with E-state index in [2.05, 4.69) is 63.5 Å². The van der Waals surface area contributed by atoms with E-state index in [9.17, 15) is 4.79 Å². The van der Waals surface area contributed by atoms with Crippen molar-refractivity contribution in [2.75, 3.05) is 0 Å². The van der Waals surface area contributed by atoms with Gasteiger partial charge in [0.05, 0.1) is 28.5 Å². The van der Waals surface area contributed by atoms with Crippen LogP contribution in [-0.2, 0) is 0 Å². The summed E-state index contributed by atoms with van der Waals surface area (Å²) in [4.78, 5) is 18.9. The Hall–Kier alpha value is -4.59. The molecule has 6 aromatic rings. The molecule has 0 aliphatic heterocycles. The van der Waals surface area contributed by atoms with Crippen LogP contribution in [0.3, 0.4) is 0 Å². The second-order valence-corrected chi connectivity index (χ2v) is 10.2. The lowest BCUT2D eigenvalue weighted by Crippen LogP contribution is -2.23. The van der Waals surface area contributed by atoms with Gasteiger partial charge in [0.2, 0.25) is 4.80 Å². The summed E-state index contributed by atoms with van der Waals surface area (Å²) in [7, 11) is 0. The Kier molecular flexibility index (Phi) is 6.75. The quantitative estimate of drug-likeness (QED) is 0.176. The molecule has 0 fully saturated rings. The lowest BCUT2D eigenvalue weighted by atomic mass is 10.1. The predicted molar refractivity (Wildman–Crippen MR) is 159 cm³/mol. The van der Waals surface area contributed by atoms with Crippen molar-refractivity contribution in [2.45, 2.75) is 6.92 Å². The van der Waals surface area contributed by atoms with E-state index in [4.69, 9.17) is 16.6 Å². The summed E-state index contributed by atoms with van der Waals surface area (Å²) in [6, 6.07) is 32.8. The molecule has 0 aliphatic carbocycles. The summed E-state index contributed by atoms with van der Waals surface area (Å²) in [5.41, 5.74) is 5.29. The molecule has 0 saturated carbocycles. The number of fused-ring (bicyclic) bond motifs is 1. The van der Waals surface area contributed by atoms with Gasteiger partial charge in [-0.25, -0.2) is 4.98 Å². The van der Waals surface area contributed by atoms with Crippen molar-refractivity contribution in [2.24, 2.45) is 10.2 Å². The summed E-state index contributed by atoms with van der Waals surface area (Å²) in [6.07, 6.45) is 1.52. The Labute approximate surface area is 233 Å². The van der Waals surface area contributed by atoms with Crippen LogP contribution in [0.25, 0.3) is 33.5 Å². The highest BCUT2D eigenvalue weighted by atomic mass is 35.5. The molecule has 0 amide bonds. The molecular weight excluding hydrogens is 526 g/mol. The van der Waals surface area contributed by atoms with Gasteiger partial charge in [0.15, 0.2) is 5.82 Å². The van der Waals surface area contributed by atoms with Crippen molar-refractivity contribution in [3.63, 3.8) is 0 Å². The monoisotopic (exact) mass is 547 g/mol. The molecule has 6 rings (SSSR count). The lowest BCUT2D eigenvalue weighted by molar-refractivity contribution is 0.938. The molecule has 4 aromatic carbocycles. The molecule has 0 unspecified atom stereocenters. The maximum Gasteiger partial charge on any atom is 0.266 e. The second kappa shape index (κ2) is 10.6. The van der Waals surface area contributed by atoms with E-state index in [1.54, 1.807) is 30.3 Å². The smallest absolute Gasteiger partial charge is 0.266 e. The Balaban J connectivity index is 1.51. The minimum atomic E-state index is -0.193. The first kappa shape index (κ1) is 24.7. The van der Waals surface area contributed by atoms with E-state index in [1.165, 1.54) is 27.7 Å². The van der Waals surface area contributed by atoms with Crippen LogP contribution in [0.4, 0.5) is 0 Å². The molecule has 0 bridgehead atoms. The molecule has 2 heterocycles. The number of hydrogen-bond acceptors (Lipinski definition) is 5. The number of benzene rings is 4. The molecule has 0 aliphatic rings. The molecule has 0 atom stereocenters. The van der Waals surface area contributed by atoms with E-state index in [1.807, 2.05) is 36.4 Å². The van der Waals surface area contributed by atoms with Gasteiger partial charge >= 0.3 is 0 Å². The average molecular weight is 548 g/mol. The average Bonchev–Trinajstić information content (AvgIpc) is 3.39. The maximum absolute atomic E-state index is 13.5. The first-order valence-electron chi connectivity index (χ1n) is 12.3. The van der Waals surface area contributed by atoms with Gasteiger partial charge in [0, 0.05) is 16.1 Å². The van der Waals surface area contributed by atoms with E-state index in [0.717, 1.165) is 16.9 Å². The minimum Gasteiger partial charge on any atom is -0.284 e. The molecule has 0 saturated heterocycles. The number of nitrogens with zero attached hydrogens (tertiary/aromatic N) is 5. The van der Waals surface area contributed by atoms with Crippen LogP contribution >= 0.6 is 22.9 Å². The van der Waals surface area contributed by atoms with Gasteiger partial charge in [-0.1, -0.05) is 71.8 Å². The first-order valence-corrected chi connectivity index (χ1v) is 13.5. The summed E-state index contributed by atoms with van der Waals surface area (Å²) in [5, 5.41) is 12.2. The number of hydrogen-bond donors (Lipinski definition) is 0. The highest BCUT2D eigenvalue weighted by molar-refractivity contribution is 7.07. The Morgan fingerprint density at radius 2 is 1.49 bits per heavy atom. The standard InChI is InChI=1S/C31H22ClN5OS/c1-21-11-15-24(16-12-21)36-28(22-7-3-2-4-8-22)20-39-31(36)35-33-19-29-34-27-10-6-5-9-26(27)30(38)37(29)25-17-13-23(32)14-18-25/h2-20H,1H3/b33-19+,35-31-. The van der Waals surface area contributed by atoms with E-state index in [0.29, 0.717) is 32.2 Å². The number of para-hydroxylation sites is 1. The van der Waals surface area contributed by atoms with E-state index >= 15 is 0 Å². The fraction of sp³-hybridized carbons (Fsp3) is 0.0323. The minimum absolute atomic E-state index is 0.193. The van der Waals surface area contributed by atoms with Crippen molar-refractivity contribution < 1.29 is 0 Å². The molecule has 39 heavy (non-hydrogen) atoms. The van der Waals surface area contributed by atoms with Gasteiger partial charge in [-0.2, -0.15) is 5.10 Å². The third kappa shape index (κ3) is 4.97. The molecule has 6 nitrogen and oxygen atoms in total. The van der Waals surface area contributed by atoms with E-state index < -0.39 is 0 Å². The van der Waals surface area contributed by atoms with Crippen molar-refractivity contribution >= 4 is 40.1 Å².